The highest BCUT2D eigenvalue weighted by Crippen LogP contribution is 2.31. The van der Waals surface area contributed by atoms with Gasteiger partial charge in [-0.3, -0.25) is 13.8 Å². The minimum Gasteiger partial charge on any atom is -0.325 e. The molecule has 0 fully saturated rings. The zero-order valence-electron chi connectivity index (χ0n) is 21.4. The number of anilines is 3. The number of aryl methyl sites for hydroxylation is 2. The second-order valence-corrected chi connectivity index (χ2v) is 13.3. The third-order valence-corrected chi connectivity index (χ3v) is 9.75. The number of rotatable bonds is 9. The first-order valence-corrected chi connectivity index (χ1v) is 15.6. The summed E-state index contributed by atoms with van der Waals surface area (Å²) < 4.78 is 56.2. The second-order valence-electron chi connectivity index (χ2n) is 8.95. The monoisotopic (exact) mass is 617 g/mol. The van der Waals surface area contributed by atoms with Crippen molar-refractivity contribution in [2.45, 2.75) is 23.6 Å². The van der Waals surface area contributed by atoms with Crippen LogP contribution in [0.15, 0.2) is 101 Å². The van der Waals surface area contributed by atoms with Crippen LogP contribution in [-0.4, -0.2) is 29.3 Å². The van der Waals surface area contributed by atoms with Gasteiger partial charge in [0.25, 0.3) is 20.0 Å². The van der Waals surface area contributed by atoms with Crippen LogP contribution in [0.25, 0.3) is 0 Å². The number of carbonyl (C=O) groups is 1. The fraction of sp³-hybridized carbons (Fsp3) is 0.107. The molecule has 0 spiro atoms. The highest BCUT2D eigenvalue weighted by Gasteiger charge is 2.27. The van der Waals surface area contributed by atoms with Crippen molar-refractivity contribution in [3.8, 4) is 0 Å². The standard InChI is InChI=1S/C28H25Cl2N3O5S2/c1-19-15-20(2)17-22(16-19)33(40(37,38)24-7-4-3-5-8-24)18-27(34)31-21-11-13-23(14-12-21)39(35,36)32-26-10-6-9-25(29)28(26)30/h3-17,32H,18H2,1-2H3,(H,31,34). The van der Waals surface area contributed by atoms with Crippen LogP contribution < -0.4 is 14.3 Å². The molecule has 0 unspecified atom stereocenters. The molecule has 0 saturated heterocycles. The number of carbonyl (C=O) groups excluding carboxylic acids is 1. The van der Waals surface area contributed by atoms with Crippen LogP contribution in [0.2, 0.25) is 10.0 Å². The smallest absolute Gasteiger partial charge is 0.264 e. The Hall–Kier alpha value is -3.57. The van der Waals surface area contributed by atoms with Gasteiger partial charge in [-0.15, -0.1) is 0 Å². The van der Waals surface area contributed by atoms with Crippen LogP contribution in [-0.2, 0) is 24.8 Å². The zero-order valence-corrected chi connectivity index (χ0v) is 24.6. The van der Waals surface area contributed by atoms with Crippen molar-refractivity contribution in [2.75, 3.05) is 20.9 Å². The molecule has 2 N–H and O–H groups in total. The van der Waals surface area contributed by atoms with Gasteiger partial charge in [-0.05, 0) is 85.6 Å². The first kappa shape index (κ1) is 29.4. The molecule has 0 saturated carbocycles. The van der Waals surface area contributed by atoms with E-state index in [1.165, 1.54) is 48.5 Å². The zero-order chi connectivity index (χ0) is 29.1. The molecule has 0 aliphatic heterocycles. The van der Waals surface area contributed by atoms with Crippen molar-refractivity contribution >= 4 is 66.2 Å². The van der Waals surface area contributed by atoms with E-state index in [-0.39, 0.29) is 31.2 Å². The van der Waals surface area contributed by atoms with Gasteiger partial charge in [0.15, 0.2) is 0 Å². The maximum atomic E-state index is 13.5. The van der Waals surface area contributed by atoms with E-state index in [1.807, 2.05) is 19.9 Å². The molecule has 0 heterocycles. The quantitative estimate of drug-likeness (QED) is 0.231. The molecule has 1 amide bonds. The third kappa shape index (κ3) is 6.76. The fourth-order valence-corrected chi connectivity index (χ4v) is 6.87. The second kappa shape index (κ2) is 11.9. The van der Waals surface area contributed by atoms with E-state index in [0.29, 0.717) is 5.69 Å². The lowest BCUT2D eigenvalue weighted by Crippen LogP contribution is -2.38. The van der Waals surface area contributed by atoms with Gasteiger partial charge in [0, 0.05) is 5.69 Å². The highest BCUT2D eigenvalue weighted by molar-refractivity contribution is 7.93. The molecule has 0 atom stereocenters. The summed E-state index contributed by atoms with van der Waals surface area (Å²) in [5.74, 6) is -0.613. The minimum absolute atomic E-state index is 0.0452. The Labute approximate surface area is 243 Å². The Morgan fingerprint density at radius 3 is 2.02 bits per heavy atom. The van der Waals surface area contributed by atoms with Crippen LogP contribution in [0.5, 0.6) is 0 Å². The number of benzene rings is 4. The van der Waals surface area contributed by atoms with Crippen LogP contribution in [0.1, 0.15) is 11.1 Å². The fourth-order valence-electron chi connectivity index (χ4n) is 3.96. The maximum absolute atomic E-state index is 13.5. The SMILES string of the molecule is Cc1cc(C)cc(N(CC(=O)Nc2ccc(S(=O)(=O)Nc3cccc(Cl)c3Cl)cc2)S(=O)(=O)c2ccccc2)c1. The van der Waals surface area contributed by atoms with Crippen molar-refractivity contribution in [2.24, 2.45) is 0 Å². The molecule has 0 aromatic heterocycles. The summed E-state index contributed by atoms with van der Waals surface area (Å²) in [6, 6.07) is 23.1. The first-order valence-electron chi connectivity index (χ1n) is 11.9. The molecular weight excluding hydrogens is 593 g/mol. The number of nitrogens with one attached hydrogen (secondary N) is 2. The lowest BCUT2D eigenvalue weighted by molar-refractivity contribution is -0.114. The normalized spacial score (nSPS) is 11.6. The van der Waals surface area contributed by atoms with Crippen LogP contribution in [0.3, 0.4) is 0 Å². The summed E-state index contributed by atoms with van der Waals surface area (Å²) in [5, 5.41) is 2.90. The van der Waals surface area contributed by atoms with Gasteiger partial charge in [0.1, 0.15) is 6.54 Å². The summed E-state index contributed by atoms with van der Waals surface area (Å²) in [6.07, 6.45) is 0. The van der Waals surface area contributed by atoms with Gasteiger partial charge in [0.2, 0.25) is 5.91 Å². The molecule has 0 radical (unpaired) electrons. The van der Waals surface area contributed by atoms with E-state index in [4.69, 9.17) is 23.2 Å². The lowest BCUT2D eigenvalue weighted by atomic mass is 10.1. The summed E-state index contributed by atoms with van der Waals surface area (Å²) in [5.41, 5.74) is 2.44. The van der Waals surface area contributed by atoms with Crippen LogP contribution >= 0.6 is 23.2 Å². The predicted molar refractivity (Wildman–Crippen MR) is 159 cm³/mol. The van der Waals surface area contributed by atoms with Gasteiger partial charge < -0.3 is 5.32 Å². The molecule has 4 rings (SSSR count). The van der Waals surface area contributed by atoms with Crippen molar-refractivity contribution in [3.63, 3.8) is 0 Å². The van der Waals surface area contributed by atoms with Crippen LogP contribution in [0, 0.1) is 13.8 Å². The largest absolute Gasteiger partial charge is 0.325 e. The molecular formula is C28H25Cl2N3O5S2. The molecule has 208 valence electrons. The molecule has 4 aromatic rings. The number of halogens is 2. The first-order chi connectivity index (χ1) is 18.9. The van der Waals surface area contributed by atoms with E-state index < -0.39 is 32.5 Å². The molecule has 40 heavy (non-hydrogen) atoms. The summed E-state index contributed by atoms with van der Waals surface area (Å²) in [6.45, 7) is 3.18. The number of hydrogen-bond donors (Lipinski definition) is 2. The topological polar surface area (TPSA) is 113 Å². The van der Waals surface area contributed by atoms with E-state index in [1.54, 1.807) is 36.4 Å². The molecule has 0 aliphatic carbocycles. The highest BCUT2D eigenvalue weighted by atomic mass is 35.5. The van der Waals surface area contributed by atoms with E-state index in [9.17, 15) is 21.6 Å². The van der Waals surface area contributed by atoms with E-state index in [0.717, 1.165) is 15.4 Å². The molecule has 0 aliphatic rings. The Bertz CT molecular complexity index is 1740. The lowest BCUT2D eigenvalue weighted by Gasteiger charge is -2.25. The van der Waals surface area contributed by atoms with E-state index >= 15 is 0 Å². The summed E-state index contributed by atoms with van der Waals surface area (Å²) in [7, 11) is -8.08. The van der Waals surface area contributed by atoms with Crippen molar-refractivity contribution in [1.29, 1.82) is 0 Å². The molecule has 12 heteroatoms. The number of nitrogens with zero attached hydrogens (tertiary/aromatic N) is 1. The number of sulfonamides is 2. The number of amides is 1. The van der Waals surface area contributed by atoms with Crippen LogP contribution in [0.4, 0.5) is 17.1 Å². The van der Waals surface area contributed by atoms with Gasteiger partial charge in [-0.2, -0.15) is 0 Å². The molecule has 0 bridgehead atoms. The van der Waals surface area contributed by atoms with Crippen molar-refractivity contribution in [1.82, 2.24) is 0 Å². The predicted octanol–water partition coefficient (Wildman–Crippen LogP) is 6.25. The molecule has 8 nitrogen and oxygen atoms in total. The Morgan fingerprint density at radius 1 is 0.775 bits per heavy atom. The Kier molecular flexibility index (Phi) is 8.74. The average molecular weight is 619 g/mol. The summed E-state index contributed by atoms with van der Waals surface area (Å²) >= 11 is 12.1. The minimum atomic E-state index is -4.07. The van der Waals surface area contributed by atoms with E-state index in [2.05, 4.69) is 10.0 Å². The molecule has 4 aromatic carbocycles. The Balaban J connectivity index is 1.55. The summed E-state index contributed by atoms with van der Waals surface area (Å²) in [4.78, 5) is 13.0. The van der Waals surface area contributed by atoms with Crippen molar-refractivity contribution < 1.29 is 21.6 Å². The van der Waals surface area contributed by atoms with Gasteiger partial charge in [-0.25, -0.2) is 16.8 Å². The average Bonchev–Trinajstić information content (AvgIpc) is 2.90. The Morgan fingerprint density at radius 2 is 1.40 bits per heavy atom. The van der Waals surface area contributed by atoms with Gasteiger partial charge >= 0.3 is 0 Å². The number of hydrogen-bond acceptors (Lipinski definition) is 5. The van der Waals surface area contributed by atoms with Crippen molar-refractivity contribution in [3.05, 3.63) is 112 Å². The van der Waals surface area contributed by atoms with Gasteiger partial charge in [0.05, 0.1) is 31.2 Å². The third-order valence-electron chi connectivity index (χ3n) is 5.76. The van der Waals surface area contributed by atoms with Gasteiger partial charge in [-0.1, -0.05) is 53.5 Å². The maximum Gasteiger partial charge on any atom is 0.264 e.